The molecule has 0 aliphatic rings. The van der Waals surface area contributed by atoms with Gasteiger partial charge in [-0.3, -0.25) is 5.43 Å². The average Bonchev–Trinajstić information content (AvgIpc) is 3.03. The molecule has 0 unspecified atom stereocenters. The Morgan fingerprint density at radius 2 is 1.95 bits per heavy atom. The van der Waals surface area contributed by atoms with Gasteiger partial charge in [-0.25, -0.2) is 0 Å². The van der Waals surface area contributed by atoms with Crippen molar-refractivity contribution in [3.63, 3.8) is 0 Å². The summed E-state index contributed by atoms with van der Waals surface area (Å²) in [6.07, 6.45) is 3.06. The molecule has 0 fully saturated rings. The Hall–Kier alpha value is -2.95. The zero-order valence-electron chi connectivity index (χ0n) is 10.6. The van der Waals surface area contributed by atoms with Gasteiger partial charge in [-0.05, 0) is 23.8 Å². The number of nitrogens with zero attached hydrogens (tertiary/aromatic N) is 3. The van der Waals surface area contributed by atoms with E-state index in [4.69, 9.17) is 4.52 Å². The number of anilines is 1. The van der Waals surface area contributed by atoms with Crippen LogP contribution in [0.4, 0.5) is 5.69 Å². The second-order valence-electron chi connectivity index (χ2n) is 4.12. The first-order chi connectivity index (χ1) is 9.92. The van der Waals surface area contributed by atoms with Crippen molar-refractivity contribution >= 4 is 11.9 Å². The van der Waals surface area contributed by atoms with Gasteiger partial charge in [-0.2, -0.15) is 10.1 Å². The topological polar surface area (TPSA) is 63.3 Å². The summed E-state index contributed by atoms with van der Waals surface area (Å²) >= 11 is 0. The van der Waals surface area contributed by atoms with Crippen LogP contribution in [0.2, 0.25) is 0 Å². The third-order valence-electron chi connectivity index (χ3n) is 2.69. The van der Waals surface area contributed by atoms with E-state index in [-0.39, 0.29) is 0 Å². The van der Waals surface area contributed by atoms with E-state index in [1.807, 2.05) is 54.6 Å². The van der Waals surface area contributed by atoms with Crippen LogP contribution in [0, 0.1) is 0 Å². The zero-order valence-corrected chi connectivity index (χ0v) is 10.6. The third-order valence-corrected chi connectivity index (χ3v) is 2.69. The second kappa shape index (κ2) is 5.79. The molecule has 98 valence electrons. The smallest absolute Gasteiger partial charge is 0.214 e. The van der Waals surface area contributed by atoms with Gasteiger partial charge in [0.1, 0.15) is 0 Å². The van der Waals surface area contributed by atoms with Gasteiger partial charge in [0.05, 0.1) is 11.9 Å². The molecule has 0 aliphatic heterocycles. The Morgan fingerprint density at radius 3 is 2.75 bits per heavy atom. The first-order valence-electron chi connectivity index (χ1n) is 6.13. The highest BCUT2D eigenvalue weighted by molar-refractivity contribution is 5.82. The van der Waals surface area contributed by atoms with E-state index < -0.39 is 0 Å². The van der Waals surface area contributed by atoms with Crippen LogP contribution >= 0.6 is 0 Å². The van der Waals surface area contributed by atoms with Gasteiger partial charge in [-0.1, -0.05) is 41.6 Å². The van der Waals surface area contributed by atoms with Gasteiger partial charge in [0, 0.05) is 5.56 Å². The highest BCUT2D eigenvalue weighted by Crippen LogP contribution is 2.15. The van der Waals surface area contributed by atoms with Crippen LogP contribution in [-0.2, 0) is 0 Å². The number of benzene rings is 2. The lowest BCUT2D eigenvalue weighted by Gasteiger charge is -1.99. The lowest BCUT2D eigenvalue weighted by molar-refractivity contribution is 0.419. The van der Waals surface area contributed by atoms with Crippen molar-refractivity contribution < 1.29 is 4.52 Å². The lowest BCUT2D eigenvalue weighted by atomic mass is 10.1. The predicted octanol–water partition coefficient (Wildman–Crippen LogP) is 3.18. The van der Waals surface area contributed by atoms with Gasteiger partial charge in [-0.15, -0.1) is 0 Å². The Labute approximate surface area is 116 Å². The molecule has 1 heterocycles. The predicted molar refractivity (Wildman–Crippen MR) is 77.4 cm³/mol. The highest BCUT2D eigenvalue weighted by Gasteiger charge is 2.02. The summed E-state index contributed by atoms with van der Waals surface area (Å²) in [5, 5.41) is 8.00. The summed E-state index contributed by atoms with van der Waals surface area (Å²) in [5.41, 5.74) is 5.76. The van der Waals surface area contributed by atoms with Crippen molar-refractivity contribution in [1.29, 1.82) is 0 Å². The van der Waals surface area contributed by atoms with E-state index in [9.17, 15) is 0 Å². The molecule has 0 spiro atoms. The van der Waals surface area contributed by atoms with Crippen LogP contribution < -0.4 is 5.43 Å². The summed E-state index contributed by atoms with van der Waals surface area (Å²) in [6, 6.07) is 17.5. The number of rotatable bonds is 4. The molecule has 3 aromatic rings. The molecule has 0 atom stereocenters. The van der Waals surface area contributed by atoms with E-state index in [0.29, 0.717) is 5.82 Å². The monoisotopic (exact) mass is 264 g/mol. The highest BCUT2D eigenvalue weighted by atomic mass is 16.5. The molecular weight excluding hydrogens is 252 g/mol. The van der Waals surface area contributed by atoms with E-state index in [1.165, 1.54) is 6.39 Å². The summed E-state index contributed by atoms with van der Waals surface area (Å²) in [7, 11) is 0. The molecule has 5 nitrogen and oxygen atoms in total. The quantitative estimate of drug-likeness (QED) is 0.580. The molecule has 0 radical (unpaired) electrons. The maximum absolute atomic E-state index is 4.74. The molecule has 0 amide bonds. The maximum Gasteiger partial charge on any atom is 0.214 e. The van der Waals surface area contributed by atoms with Gasteiger partial charge in [0.15, 0.2) is 0 Å². The van der Waals surface area contributed by atoms with Crippen LogP contribution in [0.15, 0.2) is 70.6 Å². The SMILES string of the molecule is C(=NNc1ccccc1)c1cccc(-c2ncon2)c1. The summed E-state index contributed by atoms with van der Waals surface area (Å²) < 4.78 is 4.74. The van der Waals surface area contributed by atoms with E-state index >= 15 is 0 Å². The number of hydrogen-bond acceptors (Lipinski definition) is 5. The third kappa shape index (κ3) is 2.89. The zero-order chi connectivity index (χ0) is 13.6. The number of nitrogens with one attached hydrogen (secondary N) is 1. The Balaban J connectivity index is 1.73. The van der Waals surface area contributed by atoms with Crippen molar-refractivity contribution in [2.24, 2.45) is 5.10 Å². The standard InChI is InChI=1S/C15H12N4O/c1-2-7-14(8-3-1)18-17-10-12-5-4-6-13(9-12)15-16-11-20-19-15/h1-11,18H. The van der Waals surface area contributed by atoms with Crippen molar-refractivity contribution in [3.8, 4) is 11.4 Å². The fourth-order valence-corrected chi connectivity index (χ4v) is 1.75. The molecular formula is C15H12N4O. The van der Waals surface area contributed by atoms with Crippen LogP contribution in [0.5, 0.6) is 0 Å². The lowest BCUT2D eigenvalue weighted by Crippen LogP contribution is -1.90. The Bertz CT molecular complexity index is 693. The van der Waals surface area contributed by atoms with Crippen molar-refractivity contribution in [2.75, 3.05) is 5.43 Å². The van der Waals surface area contributed by atoms with Crippen LogP contribution in [0.3, 0.4) is 0 Å². The number of hydrazone groups is 1. The first-order valence-corrected chi connectivity index (χ1v) is 6.13. The number of aromatic nitrogens is 2. The van der Waals surface area contributed by atoms with E-state index in [2.05, 4.69) is 20.7 Å². The Morgan fingerprint density at radius 1 is 1.05 bits per heavy atom. The molecule has 5 heteroatoms. The van der Waals surface area contributed by atoms with Gasteiger partial charge < -0.3 is 4.52 Å². The summed E-state index contributed by atoms with van der Waals surface area (Å²) in [5.74, 6) is 0.566. The molecule has 0 saturated carbocycles. The Kier molecular flexibility index (Phi) is 3.51. The number of para-hydroxylation sites is 1. The van der Waals surface area contributed by atoms with Crippen LogP contribution in [0.1, 0.15) is 5.56 Å². The summed E-state index contributed by atoms with van der Waals surface area (Å²) in [6.45, 7) is 0. The molecule has 20 heavy (non-hydrogen) atoms. The molecule has 0 bridgehead atoms. The fraction of sp³-hybridized carbons (Fsp3) is 0. The first kappa shape index (κ1) is 12.1. The van der Waals surface area contributed by atoms with E-state index in [1.54, 1.807) is 6.21 Å². The summed E-state index contributed by atoms with van der Waals surface area (Å²) in [4.78, 5) is 4.02. The van der Waals surface area contributed by atoms with Crippen LogP contribution in [-0.4, -0.2) is 16.4 Å². The van der Waals surface area contributed by atoms with Gasteiger partial charge in [0.25, 0.3) is 0 Å². The molecule has 0 saturated heterocycles. The van der Waals surface area contributed by atoms with Gasteiger partial charge in [0.2, 0.25) is 12.2 Å². The molecule has 1 aromatic heterocycles. The molecule has 2 aromatic carbocycles. The van der Waals surface area contributed by atoms with Crippen molar-refractivity contribution in [1.82, 2.24) is 10.1 Å². The molecule has 3 rings (SSSR count). The number of hydrogen-bond donors (Lipinski definition) is 1. The molecule has 0 aliphatic carbocycles. The van der Waals surface area contributed by atoms with Gasteiger partial charge >= 0.3 is 0 Å². The minimum Gasteiger partial charge on any atom is -0.342 e. The average molecular weight is 264 g/mol. The largest absolute Gasteiger partial charge is 0.342 e. The fourth-order valence-electron chi connectivity index (χ4n) is 1.75. The maximum atomic E-state index is 4.74. The van der Waals surface area contributed by atoms with E-state index in [0.717, 1.165) is 16.8 Å². The second-order valence-corrected chi connectivity index (χ2v) is 4.12. The van der Waals surface area contributed by atoms with Crippen molar-refractivity contribution in [2.45, 2.75) is 0 Å². The minimum atomic E-state index is 0.566. The van der Waals surface area contributed by atoms with Crippen LogP contribution in [0.25, 0.3) is 11.4 Å². The minimum absolute atomic E-state index is 0.566. The normalized spacial score (nSPS) is 10.8. The molecule has 1 N–H and O–H groups in total. The van der Waals surface area contributed by atoms with Crippen molar-refractivity contribution in [3.05, 3.63) is 66.6 Å².